The molecule has 0 spiro atoms. The molecule has 2 aromatic heterocycles. The van der Waals surface area contributed by atoms with Crippen LogP contribution in [0.3, 0.4) is 0 Å². The molecule has 3 heterocycles. The maximum atomic E-state index is 14.0. The Balaban J connectivity index is 1.16. The van der Waals surface area contributed by atoms with Crippen molar-refractivity contribution in [3.8, 4) is 0 Å². The molecule has 1 N–H and O–H groups in total. The first kappa shape index (κ1) is 20.5. The molecule has 0 bridgehead atoms. The van der Waals surface area contributed by atoms with Crippen molar-refractivity contribution in [3.05, 3.63) is 77.0 Å². The number of halogens is 1. The summed E-state index contributed by atoms with van der Waals surface area (Å²) in [5, 5.41) is 6.17. The summed E-state index contributed by atoms with van der Waals surface area (Å²) in [4.78, 5) is 20.6. The van der Waals surface area contributed by atoms with Gasteiger partial charge < -0.3 is 14.6 Å². The quantitative estimate of drug-likeness (QED) is 0.281. The Morgan fingerprint density at radius 3 is 2.56 bits per heavy atom. The van der Waals surface area contributed by atoms with E-state index in [0.29, 0.717) is 5.58 Å². The Morgan fingerprint density at radius 2 is 1.72 bits per heavy atom. The number of benzene rings is 2. The second-order valence-corrected chi connectivity index (χ2v) is 8.07. The van der Waals surface area contributed by atoms with Crippen LogP contribution in [0.1, 0.15) is 6.42 Å². The molecule has 1 aliphatic rings. The fraction of sp³-hybridized carbons (Fsp3) is 0.280. The zero-order chi connectivity index (χ0) is 21.9. The third-order valence-electron chi connectivity index (χ3n) is 5.98. The number of piperazine rings is 1. The number of rotatable bonds is 6. The minimum absolute atomic E-state index is 0.346. The van der Waals surface area contributed by atoms with E-state index >= 15 is 0 Å². The average Bonchev–Trinajstić information content (AvgIpc) is 2.81. The SMILES string of the molecule is O=c1cc(NCCCN2CCN(c3nc(F)cc4ccccc34)CC2)c2ccccc2o1. The predicted octanol–water partition coefficient (Wildman–Crippen LogP) is 4.10. The molecule has 0 amide bonds. The molecule has 1 aliphatic heterocycles. The van der Waals surface area contributed by atoms with Crippen LogP contribution >= 0.6 is 0 Å². The van der Waals surface area contributed by atoms with Gasteiger partial charge in [0.1, 0.15) is 11.4 Å². The maximum Gasteiger partial charge on any atom is 0.338 e. The molecule has 0 radical (unpaired) electrons. The summed E-state index contributed by atoms with van der Waals surface area (Å²) < 4.78 is 19.3. The molecule has 7 heteroatoms. The van der Waals surface area contributed by atoms with Gasteiger partial charge in [-0.3, -0.25) is 4.90 Å². The second kappa shape index (κ2) is 8.96. The molecule has 0 aliphatic carbocycles. The first-order chi connectivity index (χ1) is 15.7. The van der Waals surface area contributed by atoms with E-state index in [9.17, 15) is 9.18 Å². The van der Waals surface area contributed by atoms with Gasteiger partial charge in [0.15, 0.2) is 0 Å². The van der Waals surface area contributed by atoms with Crippen LogP contribution in [0.15, 0.2) is 69.9 Å². The van der Waals surface area contributed by atoms with Gasteiger partial charge in [0.2, 0.25) is 5.95 Å². The third-order valence-corrected chi connectivity index (χ3v) is 5.98. The molecule has 4 aromatic rings. The summed E-state index contributed by atoms with van der Waals surface area (Å²) in [5.41, 5.74) is 1.06. The molecule has 0 saturated carbocycles. The Kier molecular flexibility index (Phi) is 5.73. The van der Waals surface area contributed by atoms with Crippen LogP contribution in [-0.2, 0) is 0 Å². The normalized spacial score (nSPS) is 14.8. The van der Waals surface area contributed by atoms with Crippen molar-refractivity contribution < 1.29 is 8.81 Å². The lowest BCUT2D eigenvalue weighted by atomic mass is 10.1. The number of nitrogens with one attached hydrogen (secondary N) is 1. The molecule has 164 valence electrons. The number of pyridine rings is 1. The van der Waals surface area contributed by atoms with Crippen LogP contribution in [0.2, 0.25) is 0 Å². The number of anilines is 2. The van der Waals surface area contributed by atoms with Crippen LogP contribution in [0.25, 0.3) is 21.7 Å². The molecule has 0 atom stereocenters. The van der Waals surface area contributed by atoms with Crippen molar-refractivity contribution in [2.24, 2.45) is 0 Å². The Bertz CT molecular complexity index is 1300. The van der Waals surface area contributed by atoms with Crippen molar-refractivity contribution in [3.63, 3.8) is 0 Å². The van der Waals surface area contributed by atoms with E-state index in [4.69, 9.17) is 4.42 Å². The summed E-state index contributed by atoms with van der Waals surface area (Å²) in [6.07, 6.45) is 0.954. The monoisotopic (exact) mass is 432 g/mol. The van der Waals surface area contributed by atoms with Crippen molar-refractivity contribution in [1.82, 2.24) is 9.88 Å². The van der Waals surface area contributed by atoms with Crippen molar-refractivity contribution in [2.75, 3.05) is 49.5 Å². The zero-order valence-electron chi connectivity index (χ0n) is 17.8. The van der Waals surface area contributed by atoms with Gasteiger partial charge in [0.05, 0.1) is 5.69 Å². The number of hydrogen-bond acceptors (Lipinski definition) is 6. The highest BCUT2D eigenvalue weighted by Gasteiger charge is 2.20. The lowest BCUT2D eigenvalue weighted by molar-refractivity contribution is 0.256. The minimum Gasteiger partial charge on any atom is -0.423 e. The van der Waals surface area contributed by atoms with Gasteiger partial charge >= 0.3 is 5.63 Å². The summed E-state index contributed by atoms with van der Waals surface area (Å²) in [6, 6.07) is 18.4. The van der Waals surface area contributed by atoms with Crippen LogP contribution in [0, 0.1) is 5.95 Å². The third kappa shape index (κ3) is 4.29. The van der Waals surface area contributed by atoms with Gasteiger partial charge in [-0.25, -0.2) is 9.78 Å². The molecule has 5 rings (SSSR count). The highest BCUT2D eigenvalue weighted by molar-refractivity contribution is 5.92. The van der Waals surface area contributed by atoms with E-state index in [0.717, 1.165) is 73.4 Å². The highest BCUT2D eigenvalue weighted by Crippen LogP contribution is 2.26. The predicted molar refractivity (Wildman–Crippen MR) is 126 cm³/mol. The molecular formula is C25H25FN4O2. The van der Waals surface area contributed by atoms with E-state index in [1.165, 1.54) is 12.1 Å². The molecule has 6 nitrogen and oxygen atoms in total. The average molecular weight is 432 g/mol. The number of para-hydroxylation sites is 1. The van der Waals surface area contributed by atoms with Crippen LogP contribution < -0.4 is 15.8 Å². The fourth-order valence-electron chi connectivity index (χ4n) is 4.36. The first-order valence-corrected chi connectivity index (χ1v) is 11.0. The molecule has 0 unspecified atom stereocenters. The van der Waals surface area contributed by atoms with Crippen molar-refractivity contribution in [1.29, 1.82) is 0 Å². The van der Waals surface area contributed by atoms with Crippen LogP contribution in [0.4, 0.5) is 15.9 Å². The number of aromatic nitrogens is 1. The van der Waals surface area contributed by atoms with Crippen LogP contribution in [-0.4, -0.2) is 49.2 Å². The molecular weight excluding hydrogens is 407 g/mol. The molecule has 32 heavy (non-hydrogen) atoms. The number of fused-ring (bicyclic) bond motifs is 2. The largest absolute Gasteiger partial charge is 0.423 e. The van der Waals surface area contributed by atoms with E-state index in [1.54, 1.807) is 6.07 Å². The van der Waals surface area contributed by atoms with Crippen molar-refractivity contribution >= 4 is 33.2 Å². The smallest absolute Gasteiger partial charge is 0.338 e. The van der Waals surface area contributed by atoms with E-state index in [1.807, 2.05) is 42.5 Å². The minimum atomic E-state index is -0.435. The zero-order valence-corrected chi connectivity index (χ0v) is 17.8. The van der Waals surface area contributed by atoms with E-state index < -0.39 is 5.95 Å². The fourth-order valence-corrected chi connectivity index (χ4v) is 4.36. The van der Waals surface area contributed by atoms with Crippen molar-refractivity contribution in [2.45, 2.75) is 6.42 Å². The topological polar surface area (TPSA) is 61.6 Å². The van der Waals surface area contributed by atoms with Gasteiger partial charge in [-0.15, -0.1) is 0 Å². The lowest BCUT2D eigenvalue weighted by Gasteiger charge is -2.36. The number of nitrogens with zero attached hydrogens (tertiary/aromatic N) is 3. The van der Waals surface area contributed by atoms with Gasteiger partial charge in [-0.2, -0.15) is 4.39 Å². The lowest BCUT2D eigenvalue weighted by Crippen LogP contribution is -2.47. The van der Waals surface area contributed by atoms with Crippen LogP contribution in [0.5, 0.6) is 0 Å². The summed E-state index contributed by atoms with van der Waals surface area (Å²) in [6.45, 7) is 5.17. The highest BCUT2D eigenvalue weighted by atomic mass is 19.1. The van der Waals surface area contributed by atoms with Gasteiger partial charge in [-0.05, 0) is 30.5 Å². The Morgan fingerprint density at radius 1 is 0.969 bits per heavy atom. The van der Waals surface area contributed by atoms with Gasteiger partial charge in [-0.1, -0.05) is 36.4 Å². The summed E-state index contributed by atoms with van der Waals surface area (Å²) in [7, 11) is 0. The number of hydrogen-bond donors (Lipinski definition) is 1. The molecule has 2 aromatic carbocycles. The van der Waals surface area contributed by atoms with E-state index in [2.05, 4.69) is 20.1 Å². The van der Waals surface area contributed by atoms with E-state index in [-0.39, 0.29) is 5.63 Å². The van der Waals surface area contributed by atoms with Gasteiger partial charge in [0, 0.05) is 55.6 Å². The first-order valence-electron chi connectivity index (χ1n) is 11.0. The summed E-state index contributed by atoms with van der Waals surface area (Å²) >= 11 is 0. The second-order valence-electron chi connectivity index (χ2n) is 8.07. The standard InChI is InChI=1S/C25H25FN4O2/c26-23-16-18-6-1-2-7-19(18)25(28-23)30-14-12-29(13-15-30)11-5-10-27-21-17-24(31)32-22-9-4-3-8-20(21)22/h1-4,6-9,16-17,27H,5,10-15H2. The Labute approximate surface area is 185 Å². The van der Waals surface area contributed by atoms with Gasteiger partial charge in [0.25, 0.3) is 0 Å². The Hall–Kier alpha value is -3.45. The molecule has 1 saturated heterocycles. The molecule has 1 fully saturated rings. The maximum absolute atomic E-state index is 14.0. The summed E-state index contributed by atoms with van der Waals surface area (Å²) in [5.74, 6) is 0.298.